The Kier molecular flexibility index (Phi) is 6.04. The molecule has 5 N–H and O–H groups in total. The lowest BCUT2D eigenvalue weighted by molar-refractivity contribution is -0.182. The molecule has 27 heavy (non-hydrogen) atoms. The highest BCUT2D eigenvalue weighted by Crippen LogP contribution is 2.48. The van der Waals surface area contributed by atoms with Gasteiger partial charge in [-0.3, -0.25) is 0 Å². The Morgan fingerprint density at radius 2 is 1.48 bits per heavy atom. The number of nitrogens with two attached hydrogens (primary N) is 2. The minimum atomic E-state index is -4.97. The van der Waals surface area contributed by atoms with Gasteiger partial charge >= 0.3 is 6.18 Å². The average Bonchev–Trinajstić information content (AvgIpc) is 2.61. The summed E-state index contributed by atoms with van der Waals surface area (Å²) in [4.78, 5) is 0. The van der Waals surface area contributed by atoms with Gasteiger partial charge < -0.3 is 26.0 Å². The molecule has 0 saturated carbocycles. The standard InChI is InChI=1S/C18H20F4N2O3/c1-26-15-4-2-11(8-13(15)23)17(10-19,18(20,21)22)12-3-5-16(14(24)9-12)27-7-6-25/h2-5,8-9,25H,6-7,10,23-24H2,1H3. The summed E-state index contributed by atoms with van der Waals surface area (Å²) in [7, 11) is 1.32. The van der Waals surface area contributed by atoms with E-state index in [1.807, 2.05) is 0 Å². The van der Waals surface area contributed by atoms with Crippen molar-refractivity contribution >= 4 is 11.4 Å². The lowest BCUT2D eigenvalue weighted by atomic mass is 9.74. The van der Waals surface area contributed by atoms with Gasteiger partial charge in [0.15, 0.2) is 0 Å². The van der Waals surface area contributed by atoms with Gasteiger partial charge in [-0.05, 0) is 35.4 Å². The summed E-state index contributed by atoms with van der Waals surface area (Å²) in [6, 6.07) is 6.73. The summed E-state index contributed by atoms with van der Waals surface area (Å²) in [6.07, 6.45) is -4.97. The number of anilines is 2. The van der Waals surface area contributed by atoms with Crippen molar-refractivity contribution < 1.29 is 32.1 Å². The second kappa shape index (κ2) is 7.91. The molecule has 2 aromatic carbocycles. The van der Waals surface area contributed by atoms with Gasteiger partial charge in [-0.1, -0.05) is 12.1 Å². The maximum atomic E-state index is 14.1. The normalized spacial score (nSPS) is 13.9. The van der Waals surface area contributed by atoms with Crippen LogP contribution in [0.3, 0.4) is 0 Å². The molecular weight excluding hydrogens is 368 g/mol. The first-order valence-corrected chi connectivity index (χ1v) is 7.91. The predicted molar refractivity (Wildman–Crippen MR) is 93.7 cm³/mol. The molecule has 0 fully saturated rings. The molecule has 0 aliphatic carbocycles. The van der Waals surface area contributed by atoms with E-state index in [0.29, 0.717) is 0 Å². The number of nitrogen functional groups attached to an aromatic ring is 2. The van der Waals surface area contributed by atoms with Gasteiger partial charge in [-0.2, -0.15) is 13.2 Å². The number of halogens is 4. The SMILES string of the molecule is COc1ccc(C(CF)(c2ccc(OCCO)c(N)c2)C(F)(F)F)cc1N. The minimum absolute atomic E-state index is 0.0482. The number of aliphatic hydroxyl groups is 1. The number of hydrogen-bond donors (Lipinski definition) is 3. The Bertz CT molecular complexity index is 799. The lowest BCUT2D eigenvalue weighted by Crippen LogP contribution is -2.45. The largest absolute Gasteiger partial charge is 0.495 e. The Morgan fingerprint density at radius 1 is 0.963 bits per heavy atom. The van der Waals surface area contributed by atoms with Crippen LogP contribution in [0.1, 0.15) is 11.1 Å². The van der Waals surface area contributed by atoms with Crippen molar-refractivity contribution in [2.24, 2.45) is 0 Å². The van der Waals surface area contributed by atoms with Crippen LogP contribution in [0.4, 0.5) is 28.9 Å². The molecule has 148 valence electrons. The van der Waals surface area contributed by atoms with Crippen molar-refractivity contribution in [1.82, 2.24) is 0 Å². The quantitative estimate of drug-likeness (QED) is 0.501. The van der Waals surface area contributed by atoms with Gasteiger partial charge in [-0.25, -0.2) is 4.39 Å². The zero-order valence-corrected chi connectivity index (χ0v) is 14.5. The highest BCUT2D eigenvalue weighted by Gasteiger charge is 2.57. The number of rotatable bonds is 7. The van der Waals surface area contributed by atoms with Crippen LogP contribution in [0.25, 0.3) is 0 Å². The van der Waals surface area contributed by atoms with E-state index in [9.17, 15) is 17.6 Å². The molecule has 0 heterocycles. The van der Waals surface area contributed by atoms with Crippen molar-refractivity contribution in [3.05, 3.63) is 47.5 Å². The summed E-state index contributed by atoms with van der Waals surface area (Å²) in [5.74, 6) is 0.276. The third kappa shape index (κ3) is 3.73. The molecule has 5 nitrogen and oxygen atoms in total. The zero-order valence-electron chi connectivity index (χ0n) is 14.5. The second-order valence-electron chi connectivity index (χ2n) is 5.82. The first kappa shape index (κ1) is 20.6. The first-order valence-electron chi connectivity index (χ1n) is 7.91. The molecule has 0 saturated heterocycles. The number of benzene rings is 2. The van der Waals surface area contributed by atoms with Gasteiger partial charge in [-0.15, -0.1) is 0 Å². The van der Waals surface area contributed by atoms with E-state index < -0.39 is 23.8 Å². The molecule has 0 aromatic heterocycles. The fourth-order valence-corrected chi connectivity index (χ4v) is 2.82. The van der Waals surface area contributed by atoms with Crippen LogP contribution in [0, 0.1) is 0 Å². The van der Waals surface area contributed by atoms with Crippen molar-refractivity contribution in [2.45, 2.75) is 11.6 Å². The summed E-state index contributed by atoms with van der Waals surface area (Å²) in [5, 5.41) is 8.78. The van der Waals surface area contributed by atoms with E-state index >= 15 is 0 Å². The van der Waals surface area contributed by atoms with Crippen molar-refractivity contribution in [3.8, 4) is 11.5 Å². The van der Waals surface area contributed by atoms with Gasteiger partial charge in [0.2, 0.25) is 0 Å². The Labute approximate surface area is 153 Å². The molecular formula is C18H20F4N2O3. The van der Waals surface area contributed by atoms with Gasteiger partial charge in [0.25, 0.3) is 0 Å². The van der Waals surface area contributed by atoms with Crippen molar-refractivity contribution in [3.63, 3.8) is 0 Å². The van der Waals surface area contributed by atoms with E-state index in [-0.39, 0.29) is 41.7 Å². The monoisotopic (exact) mass is 388 g/mol. The third-order valence-corrected chi connectivity index (χ3v) is 4.26. The molecule has 1 atom stereocenters. The highest BCUT2D eigenvalue weighted by atomic mass is 19.4. The predicted octanol–water partition coefficient (Wildman–Crippen LogP) is 3.05. The molecule has 0 aliphatic heterocycles. The minimum Gasteiger partial charge on any atom is -0.495 e. The van der Waals surface area contributed by atoms with Crippen LogP contribution in [-0.4, -0.2) is 38.3 Å². The Morgan fingerprint density at radius 3 is 1.85 bits per heavy atom. The number of hydrogen-bond acceptors (Lipinski definition) is 5. The highest BCUT2D eigenvalue weighted by molar-refractivity contribution is 5.61. The lowest BCUT2D eigenvalue weighted by Gasteiger charge is -2.35. The molecule has 2 aromatic rings. The number of ether oxygens (including phenoxy) is 2. The Hall–Kier alpha value is -2.68. The molecule has 0 radical (unpaired) electrons. The smallest absolute Gasteiger partial charge is 0.404 e. The van der Waals surface area contributed by atoms with E-state index in [1.165, 1.54) is 19.2 Å². The molecule has 1 unspecified atom stereocenters. The molecule has 0 aliphatic rings. The zero-order chi connectivity index (χ0) is 20.2. The maximum absolute atomic E-state index is 14.1. The maximum Gasteiger partial charge on any atom is 0.404 e. The summed E-state index contributed by atoms with van der Waals surface area (Å²) >= 11 is 0. The van der Waals surface area contributed by atoms with E-state index in [1.54, 1.807) is 0 Å². The summed E-state index contributed by atoms with van der Waals surface area (Å²) < 4.78 is 66.4. The number of methoxy groups -OCH3 is 1. The van der Waals surface area contributed by atoms with Crippen LogP contribution < -0.4 is 20.9 Å². The number of alkyl halides is 4. The molecule has 0 bridgehead atoms. The molecule has 2 rings (SSSR count). The van der Waals surface area contributed by atoms with Crippen LogP contribution in [0.15, 0.2) is 36.4 Å². The fourth-order valence-electron chi connectivity index (χ4n) is 2.82. The topological polar surface area (TPSA) is 90.7 Å². The first-order chi connectivity index (χ1) is 12.7. The van der Waals surface area contributed by atoms with E-state index in [4.69, 9.17) is 26.0 Å². The summed E-state index contributed by atoms with van der Waals surface area (Å²) in [6.45, 7) is -2.12. The molecule has 0 spiro atoms. The Balaban J connectivity index is 2.65. The fraction of sp³-hybridized carbons (Fsp3) is 0.333. The van der Waals surface area contributed by atoms with Crippen molar-refractivity contribution in [2.75, 3.05) is 38.5 Å². The van der Waals surface area contributed by atoms with Crippen LogP contribution >= 0.6 is 0 Å². The third-order valence-electron chi connectivity index (χ3n) is 4.26. The summed E-state index contributed by atoms with van der Waals surface area (Å²) in [5.41, 5.74) is 7.61. The van der Waals surface area contributed by atoms with Crippen molar-refractivity contribution in [1.29, 1.82) is 0 Å². The van der Waals surface area contributed by atoms with Gasteiger partial charge in [0, 0.05) is 0 Å². The van der Waals surface area contributed by atoms with Gasteiger partial charge in [0.05, 0.1) is 25.1 Å². The molecule has 0 amide bonds. The van der Waals surface area contributed by atoms with Crippen LogP contribution in [-0.2, 0) is 5.41 Å². The number of aliphatic hydroxyl groups excluding tert-OH is 1. The van der Waals surface area contributed by atoms with E-state index in [0.717, 1.165) is 24.3 Å². The van der Waals surface area contributed by atoms with Crippen LogP contribution in [0.5, 0.6) is 11.5 Å². The van der Waals surface area contributed by atoms with Gasteiger partial charge in [0.1, 0.15) is 30.2 Å². The molecule has 9 heteroatoms. The average molecular weight is 388 g/mol. The van der Waals surface area contributed by atoms with Crippen LogP contribution in [0.2, 0.25) is 0 Å². The van der Waals surface area contributed by atoms with E-state index in [2.05, 4.69) is 0 Å². The second-order valence-corrected chi connectivity index (χ2v) is 5.82.